The van der Waals surface area contributed by atoms with Crippen molar-refractivity contribution in [2.24, 2.45) is 0 Å². The zero-order chi connectivity index (χ0) is 22.9. The van der Waals surface area contributed by atoms with Crippen LogP contribution < -0.4 is 113 Å². The van der Waals surface area contributed by atoms with Crippen molar-refractivity contribution in [2.75, 3.05) is 23.7 Å². The molecule has 0 radical (unpaired) electrons. The maximum Gasteiger partial charge on any atom is 1.00 e. The monoisotopic (exact) mass is 548 g/mol. The summed E-state index contributed by atoms with van der Waals surface area (Å²) in [6.07, 6.45) is 0. The van der Waals surface area contributed by atoms with Crippen LogP contribution >= 0.6 is 0 Å². The van der Waals surface area contributed by atoms with Crippen LogP contribution in [-0.2, 0) is 20.2 Å². The van der Waals surface area contributed by atoms with Gasteiger partial charge in [0.1, 0.15) is 20.2 Å². The molecule has 0 saturated heterocycles. The average molecular weight is 549 g/mol. The van der Waals surface area contributed by atoms with E-state index in [1.54, 1.807) is 24.3 Å². The second-order valence-electron chi connectivity index (χ2n) is 7.21. The van der Waals surface area contributed by atoms with E-state index in [1.165, 1.54) is 24.3 Å². The Morgan fingerprint density at radius 2 is 0.882 bits per heavy atom. The topological polar surface area (TPSA) is 138 Å². The molecule has 8 nitrogen and oxygen atoms in total. The largest absolute Gasteiger partial charge is 1.00 e. The molecule has 4 aromatic carbocycles. The van der Waals surface area contributed by atoms with E-state index in [4.69, 9.17) is 0 Å². The molecular formula is C22H18K2N2O6S2. The zero-order valence-corrected chi connectivity index (χ0v) is 26.5. The summed E-state index contributed by atoms with van der Waals surface area (Å²) >= 11 is 0. The minimum absolute atomic E-state index is 0. The number of rotatable bonds is 7. The molecule has 0 aliphatic heterocycles. The van der Waals surface area contributed by atoms with Gasteiger partial charge in [-0.25, -0.2) is 16.8 Å². The molecule has 0 aliphatic carbocycles. The second-order valence-corrected chi connectivity index (χ2v) is 9.97. The van der Waals surface area contributed by atoms with Crippen LogP contribution in [0.15, 0.2) is 82.6 Å². The average Bonchev–Trinajstić information content (AvgIpc) is 2.74. The van der Waals surface area contributed by atoms with E-state index in [2.05, 4.69) is 10.6 Å². The Bertz CT molecular complexity index is 1430. The Morgan fingerprint density at radius 3 is 1.24 bits per heavy atom. The summed E-state index contributed by atoms with van der Waals surface area (Å²) in [6.45, 7) is 1.08. The number of benzene rings is 4. The van der Waals surface area contributed by atoms with Crippen molar-refractivity contribution >= 4 is 53.2 Å². The first-order valence-corrected chi connectivity index (χ1v) is 12.4. The predicted octanol–water partition coefficient (Wildman–Crippen LogP) is -2.67. The van der Waals surface area contributed by atoms with E-state index < -0.39 is 20.2 Å². The van der Waals surface area contributed by atoms with Gasteiger partial charge in [-0.15, -0.1) is 0 Å². The maximum absolute atomic E-state index is 11.2. The van der Waals surface area contributed by atoms with Gasteiger partial charge in [0.15, 0.2) is 0 Å². The van der Waals surface area contributed by atoms with Crippen LogP contribution in [0.4, 0.5) is 11.4 Å². The van der Waals surface area contributed by atoms with E-state index >= 15 is 0 Å². The third kappa shape index (κ3) is 7.79. The molecule has 4 rings (SSSR count). The molecule has 2 N–H and O–H groups in total. The maximum atomic E-state index is 11.2. The van der Waals surface area contributed by atoms with Crippen LogP contribution in [-0.4, -0.2) is 39.0 Å². The molecule has 0 aromatic heterocycles. The number of nitrogens with one attached hydrogen (secondary N) is 2. The SMILES string of the molecule is O=S(=O)([O-])c1ccc2ccc(NCCNc3ccc4ccc(S(=O)(=O)[O-])cc4c3)cc2c1.[K+].[K+]. The molecule has 0 bridgehead atoms. The molecule has 0 unspecified atom stereocenters. The first-order chi connectivity index (χ1) is 15.1. The van der Waals surface area contributed by atoms with Crippen molar-refractivity contribution in [3.8, 4) is 0 Å². The van der Waals surface area contributed by atoms with Crippen molar-refractivity contribution in [3.63, 3.8) is 0 Å². The Balaban J connectivity index is 0.00000204. The van der Waals surface area contributed by atoms with Gasteiger partial charge in [-0.05, 0) is 70.1 Å². The van der Waals surface area contributed by atoms with Crippen molar-refractivity contribution in [2.45, 2.75) is 9.79 Å². The third-order valence-electron chi connectivity index (χ3n) is 4.98. The minimum atomic E-state index is -4.52. The van der Waals surface area contributed by atoms with E-state index in [-0.39, 0.29) is 113 Å². The quantitative estimate of drug-likeness (QED) is 0.145. The van der Waals surface area contributed by atoms with Gasteiger partial charge in [0.05, 0.1) is 9.79 Å². The number of anilines is 2. The van der Waals surface area contributed by atoms with E-state index in [0.717, 1.165) is 22.1 Å². The molecular weight excluding hydrogens is 531 g/mol. The molecule has 0 saturated carbocycles. The van der Waals surface area contributed by atoms with Crippen LogP contribution in [0.2, 0.25) is 0 Å². The van der Waals surface area contributed by atoms with E-state index in [9.17, 15) is 25.9 Å². The Hall–Kier alpha value is 0.0927. The van der Waals surface area contributed by atoms with Crippen molar-refractivity contribution in [1.29, 1.82) is 0 Å². The molecule has 0 fully saturated rings. The van der Waals surface area contributed by atoms with Crippen molar-refractivity contribution < 1.29 is 129 Å². The summed E-state index contributed by atoms with van der Waals surface area (Å²) in [4.78, 5) is -0.541. The fourth-order valence-electron chi connectivity index (χ4n) is 3.39. The molecule has 0 amide bonds. The van der Waals surface area contributed by atoms with Gasteiger partial charge >= 0.3 is 103 Å². The van der Waals surface area contributed by atoms with Gasteiger partial charge in [0.25, 0.3) is 0 Å². The molecule has 34 heavy (non-hydrogen) atoms. The van der Waals surface area contributed by atoms with Gasteiger partial charge in [-0.3, -0.25) is 0 Å². The summed E-state index contributed by atoms with van der Waals surface area (Å²) in [5, 5.41) is 9.35. The molecule has 166 valence electrons. The van der Waals surface area contributed by atoms with Crippen LogP contribution in [0, 0.1) is 0 Å². The van der Waals surface area contributed by atoms with Gasteiger partial charge < -0.3 is 19.7 Å². The van der Waals surface area contributed by atoms with Crippen LogP contribution in [0.25, 0.3) is 21.5 Å². The van der Waals surface area contributed by atoms with Crippen LogP contribution in [0.5, 0.6) is 0 Å². The van der Waals surface area contributed by atoms with Gasteiger partial charge in [-0.1, -0.05) is 24.3 Å². The fourth-order valence-corrected chi connectivity index (χ4v) is 4.41. The normalized spacial score (nSPS) is 11.5. The smallest absolute Gasteiger partial charge is 0.744 e. The Labute approximate surface area is 283 Å². The molecule has 0 heterocycles. The zero-order valence-electron chi connectivity index (χ0n) is 18.6. The summed E-state index contributed by atoms with van der Waals surface area (Å²) in [5.74, 6) is 0. The summed E-state index contributed by atoms with van der Waals surface area (Å²) in [7, 11) is -9.03. The first-order valence-electron chi connectivity index (χ1n) is 9.57. The standard InChI is InChI=1S/C22H20N2O6S2.2K/c25-31(26,27)21-7-3-15-1-5-19(11-17(15)13-21)23-9-10-24-20-6-2-16-4-8-22(32(28,29)30)14-18(16)12-20;;/h1-8,11-14,23-24H,9-10H2,(H,25,26,27)(H,28,29,30);;/q;2*+1/p-2. The Kier molecular flexibility index (Phi) is 11.2. The summed E-state index contributed by atoms with van der Waals surface area (Å²) in [5.41, 5.74) is 1.53. The molecule has 0 aliphatic rings. The molecule has 12 heteroatoms. The number of fused-ring (bicyclic) bond motifs is 2. The van der Waals surface area contributed by atoms with Crippen molar-refractivity contribution in [1.82, 2.24) is 0 Å². The number of hydrogen-bond donors (Lipinski definition) is 2. The predicted molar refractivity (Wildman–Crippen MR) is 121 cm³/mol. The van der Waals surface area contributed by atoms with Gasteiger partial charge in [0, 0.05) is 24.5 Å². The molecule has 0 spiro atoms. The van der Waals surface area contributed by atoms with E-state index in [1.807, 2.05) is 24.3 Å². The Morgan fingerprint density at radius 1 is 0.529 bits per heavy atom. The first kappa shape index (κ1) is 30.3. The van der Waals surface area contributed by atoms with E-state index in [0.29, 0.717) is 23.9 Å². The summed E-state index contributed by atoms with van der Waals surface area (Å²) in [6, 6.07) is 19.4. The third-order valence-corrected chi connectivity index (χ3v) is 6.65. The summed E-state index contributed by atoms with van der Waals surface area (Å²) < 4.78 is 67.4. The fraction of sp³-hybridized carbons (Fsp3) is 0.0909. The minimum Gasteiger partial charge on any atom is -0.744 e. The van der Waals surface area contributed by atoms with Gasteiger partial charge in [0.2, 0.25) is 0 Å². The number of hydrogen-bond acceptors (Lipinski definition) is 8. The van der Waals surface area contributed by atoms with Crippen LogP contribution in [0.3, 0.4) is 0 Å². The van der Waals surface area contributed by atoms with Crippen LogP contribution in [0.1, 0.15) is 0 Å². The second kappa shape index (κ2) is 12.6. The van der Waals surface area contributed by atoms with Crippen molar-refractivity contribution in [3.05, 3.63) is 72.8 Å². The molecule has 4 aromatic rings. The van der Waals surface area contributed by atoms with Gasteiger partial charge in [-0.2, -0.15) is 0 Å². The molecule has 0 atom stereocenters.